The summed E-state index contributed by atoms with van der Waals surface area (Å²) >= 11 is 0. The van der Waals surface area contributed by atoms with Crippen molar-refractivity contribution in [2.75, 3.05) is 14.2 Å². The van der Waals surface area contributed by atoms with Crippen LogP contribution < -0.4 is 14.8 Å². The van der Waals surface area contributed by atoms with Gasteiger partial charge in [-0.25, -0.2) is 4.98 Å². The summed E-state index contributed by atoms with van der Waals surface area (Å²) in [6.07, 6.45) is 4.11. The number of benzene rings is 1. The van der Waals surface area contributed by atoms with E-state index in [1.54, 1.807) is 14.2 Å². The SMILES string of the molecule is COc1ccc2c(c1)C(NCc1ccc(OC)nc1)CC2. The van der Waals surface area contributed by atoms with E-state index < -0.39 is 0 Å². The van der Waals surface area contributed by atoms with Crippen LogP contribution in [-0.4, -0.2) is 19.2 Å². The van der Waals surface area contributed by atoms with Gasteiger partial charge in [0, 0.05) is 24.8 Å². The van der Waals surface area contributed by atoms with Gasteiger partial charge in [-0.3, -0.25) is 0 Å². The molecule has 0 fully saturated rings. The highest BCUT2D eigenvalue weighted by atomic mass is 16.5. The van der Waals surface area contributed by atoms with Gasteiger partial charge in [0.1, 0.15) is 5.75 Å². The fourth-order valence-electron chi connectivity index (χ4n) is 2.80. The molecular weight excluding hydrogens is 264 g/mol. The van der Waals surface area contributed by atoms with Crippen molar-refractivity contribution in [1.29, 1.82) is 0 Å². The van der Waals surface area contributed by atoms with Gasteiger partial charge >= 0.3 is 0 Å². The summed E-state index contributed by atoms with van der Waals surface area (Å²) in [6, 6.07) is 10.7. The van der Waals surface area contributed by atoms with Crippen LogP contribution in [0.3, 0.4) is 0 Å². The average Bonchev–Trinajstić information content (AvgIpc) is 2.95. The Kier molecular flexibility index (Phi) is 4.06. The summed E-state index contributed by atoms with van der Waals surface area (Å²) in [5, 5.41) is 3.61. The molecule has 0 radical (unpaired) electrons. The van der Waals surface area contributed by atoms with Crippen LogP contribution in [0.15, 0.2) is 36.5 Å². The van der Waals surface area contributed by atoms with E-state index in [0.717, 1.165) is 30.7 Å². The topological polar surface area (TPSA) is 43.4 Å². The quantitative estimate of drug-likeness (QED) is 0.917. The smallest absolute Gasteiger partial charge is 0.212 e. The molecule has 4 heteroatoms. The maximum absolute atomic E-state index is 5.32. The summed E-state index contributed by atoms with van der Waals surface area (Å²) in [7, 11) is 3.34. The van der Waals surface area contributed by atoms with Crippen molar-refractivity contribution in [2.45, 2.75) is 25.4 Å². The zero-order chi connectivity index (χ0) is 14.7. The van der Waals surface area contributed by atoms with Gasteiger partial charge in [-0.1, -0.05) is 12.1 Å². The van der Waals surface area contributed by atoms with Crippen molar-refractivity contribution in [1.82, 2.24) is 10.3 Å². The number of hydrogen-bond donors (Lipinski definition) is 1. The van der Waals surface area contributed by atoms with E-state index >= 15 is 0 Å². The lowest BCUT2D eigenvalue weighted by Crippen LogP contribution is -2.18. The molecule has 0 spiro atoms. The molecule has 110 valence electrons. The number of rotatable bonds is 5. The largest absolute Gasteiger partial charge is 0.497 e. The summed E-state index contributed by atoms with van der Waals surface area (Å²) in [5.74, 6) is 1.57. The number of hydrogen-bond acceptors (Lipinski definition) is 4. The monoisotopic (exact) mass is 284 g/mol. The Morgan fingerprint density at radius 1 is 1.19 bits per heavy atom. The van der Waals surface area contributed by atoms with Gasteiger partial charge < -0.3 is 14.8 Å². The molecule has 0 amide bonds. The Bertz CT molecular complexity index is 611. The molecule has 1 aliphatic carbocycles. The molecule has 1 unspecified atom stereocenters. The van der Waals surface area contributed by atoms with Crippen molar-refractivity contribution in [3.63, 3.8) is 0 Å². The van der Waals surface area contributed by atoms with E-state index in [1.807, 2.05) is 24.4 Å². The molecule has 1 atom stereocenters. The summed E-state index contributed by atoms with van der Waals surface area (Å²) in [6.45, 7) is 0.804. The van der Waals surface area contributed by atoms with Crippen molar-refractivity contribution in [3.8, 4) is 11.6 Å². The molecule has 4 nitrogen and oxygen atoms in total. The fourth-order valence-corrected chi connectivity index (χ4v) is 2.80. The fraction of sp³-hybridized carbons (Fsp3) is 0.353. The standard InChI is InChI=1S/C17H20N2O2/c1-20-14-6-4-13-5-7-16(15(13)9-14)18-10-12-3-8-17(21-2)19-11-12/h3-4,6,8-9,11,16,18H,5,7,10H2,1-2H3. The van der Waals surface area contributed by atoms with E-state index in [-0.39, 0.29) is 0 Å². The highest BCUT2D eigenvalue weighted by Gasteiger charge is 2.22. The Morgan fingerprint density at radius 2 is 2.10 bits per heavy atom. The minimum atomic E-state index is 0.386. The number of aryl methyl sites for hydroxylation is 1. The minimum Gasteiger partial charge on any atom is -0.497 e. The second-order valence-electron chi connectivity index (χ2n) is 5.25. The van der Waals surface area contributed by atoms with Gasteiger partial charge in [0.25, 0.3) is 0 Å². The lowest BCUT2D eigenvalue weighted by atomic mass is 10.1. The molecule has 3 rings (SSSR count). The minimum absolute atomic E-state index is 0.386. The van der Waals surface area contributed by atoms with Gasteiger partial charge in [0.15, 0.2) is 0 Å². The summed E-state index contributed by atoms with van der Waals surface area (Å²) < 4.78 is 10.4. The third-order valence-corrected chi connectivity index (χ3v) is 3.99. The number of pyridine rings is 1. The van der Waals surface area contributed by atoms with E-state index in [0.29, 0.717) is 11.9 Å². The molecule has 0 bridgehead atoms. The molecule has 1 aliphatic rings. The molecule has 1 aromatic carbocycles. The molecular formula is C17H20N2O2. The molecule has 1 heterocycles. The van der Waals surface area contributed by atoms with Crippen molar-refractivity contribution in [3.05, 3.63) is 53.2 Å². The maximum atomic E-state index is 5.32. The number of ether oxygens (including phenoxy) is 2. The van der Waals surface area contributed by atoms with Gasteiger partial charge in [-0.05, 0) is 41.7 Å². The van der Waals surface area contributed by atoms with Crippen LogP contribution in [0, 0.1) is 0 Å². The van der Waals surface area contributed by atoms with E-state index in [2.05, 4.69) is 22.4 Å². The second kappa shape index (κ2) is 6.14. The molecule has 0 aliphatic heterocycles. The first-order valence-electron chi connectivity index (χ1n) is 7.19. The van der Waals surface area contributed by atoms with Crippen LogP contribution >= 0.6 is 0 Å². The first-order valence-corrected chi connectivity index (χ1v) is 7.19. The van der Waals surface area contributed by atoms with Crippen LogP contribution in [0.2, 0.25) is 0 Å². The molecule has 0 saturated heterocycles. The predicted octanol–water partition coefficient (Wildman–Crippen LogP) is 2.88. The highest BCUT2D eigenvalue weighted by Crippen LogP contribution is 2.33. The predicted molar refractivity (Wildman–Crippen MR) is 81.7 cm³/mol. The zero-order valence-electron chi connectivity index (χ0n) is 12.4. The number of methoxy groups -OCH3 is 2. The molecule has 0 saturated carbocycles. The Labute approximate surface area is 125 Å². The third kappa shape index (κ3) is 3.00. The lowest BCUT2D eigenvalue weighted by Gasteiger charge is -2.15. The first-order chi connectivity index (χ1) is 10.3. The van der Waals surface area contributed by atoms with E-state index in [9.17, 15) is 0 Å². The summed E-state index contributed by atoms with van der Waals surface area (Å²) in [4.78, 5) is 4.23. The molecule has 21 heavy (non-hydrogen) atoms. The van der Waals surface area contributed by atoms with Gasteiger partial charge in [0.2, 0.25) is 5.88 Å². The summed E-state index contributed by atoms with van der Waals surface area (Å²) in [5.41, 5.74) is 3.93. The normalized spacial score (nSPS) is 16.6. The number of fused-ring (bicyclic) bond motifs is 1. The third-order valence-electron chi connectivity index (χ3n) is 3.99. The average molecular weight is 284 g/mol. The number of aromatic nitrogens is 1. The molecule has 1 aromatic heterocycles. The van der Waals surface area contributed by atoms with Crippen LogP contribution in [0.5, 0.6) is 11.6 Å². The van der Waals surface area contributed by atoms with Crippen LogP contribution in [0.1, 0.15) is 29.2 Å². The number of nitrogens with one attached hydrogen (secondary N) is 1. The van der Waals surface area contributed by atoms with Crippen molar-refractivity contribution < 1.29 is 9.47 Å². The highest BCUT2D eigenvalue weighted by molar-refractivity contribution is 5.40. The van der Waals surface area contributed by atoms with Crippen molar-refractivity contribution >= 4 is 0 Å². The second-order valence-corrected chi connectivity index (χ2v) is 5.25. The van der Waals surface area contributed by atoms with Crippen LogP contribution in [0.4, 0.5) is 0 Å². The first kappa shape index (κ1) is 13.9. The van der Waals surface area contributed by atoms with E-state index in [1.165, 1.54) is 11.1 Å². The Morgan fingerprint density at radius 3 is 2.81 bits per heavy atom. The van der Waals surface area contributed by atoms with Crippen LogP contribution in [0.25, 0.3) is 0 Å². The Hall–Kier alpha value is -2.07. The van der Waals surface area contributed by atoms with Crippen LogP contribution in [-0.2, 0) is 13.0 Å². The maximum Gasteiger partial charge on any atom is 0.212 e. The van der Waals surface area contributed by atoms with Gasteiger partial charge in [-0.2, -0.15) is 0 Å². The molecule has 1 N–H and O–H groups in total. The Balaban J connectivity index is 1.67. The van der Waals surface area contributed by atoms with E-state index in [4.69, 9.17) is 9.47 Å². The van der Waals surface area contributed by atoms with Gasteiger partial charge in [0.05, 0.1) is 14.2 Å². The lowest BCUT2D eigenvalue weighted by molar-refractivity contribution is 0.397. The molecule has 2 aromatic rings. The zero-order valence-corrected chi connectivity index (χ0v) is 12.4. The van der Waals surface area contributed by atoms with Crippen molar-refractivity contribution in [2.24, 2.45) is 0 Å². The number of nitrogens with zero attached hydrogens (tertiary/aromatic N) is 1. The van der Waals surface area contributed by atoms with Gasteiger partial charge in [-0.15, -0.1) is 0 Å².